The molecule has 1 unspecified atom stereocenters. The Morgan fingerprint density at radius 1 is 1.26 bits per heavy atom. The van der Waals surface area contributed by atoms with Crippen LogP contribution in [0.5, 0.6) is 5.75 Å². The summed E-state index contributed by atoms with van der Waals surface area (Å²) in [6, 6.07) is 6.55. The number of rotatable bonds is 7. The first kappa shape index (κ1) is 29.1. The number of carboxylic acid groups (broad SMARTS) is 1. The third-order valence-corrected chi connectivity index (χ3v) is 7.19. The number of carbonyl (C=O) groups excluding carboxylic acids is 1. The minimum Gasteiger partial charge on any atom is -0.490 e. The van der Waals surface area contributed by atoms with Crippen molar-refractivity contribution in [3.63, 3.8) is 0 Å². The molecule has 1 aromatic carbocycles. The number of carboxylic acids is 1. The van der Waals surface area contributed by atoms with Crippen molar-refractivity contribution in [2.75, 3.05) is 13.7 Å². The van der Waals surface area contributed by atoms with E-state index in [-0.39, 0.29) is 22.9 Å². The van der Waals surface area contributed by atoms with Gasteiger partial charge in [-0.1, -0.05) is 6.07 Å². The number of carbonyl (C=O) groups is 2. The van der Waals surface area contributed by atoms with Crippen molar-refractivity contribution in [1.29, 1.82) is 0 Å². The van der Waals surface area contributed by atoms with Crippen molar-refractivity contribution >= 4 is 17.5 Å². The summed E-state index contributed by atoms with van der Waals surface area (Å²) >= 11 is 0. The molecule has 0 spiro atoms. The van der Waals surface area contributed by atoms with E-state index in [0.29, 0.717) is 47.7 Å². The van der Waals surface area contributed by atoms with E-state index in [1.807, 2.05) is 13.0 Å². The van der Waals surface area contributed by atoms with E-state index in [2.05, 4.69) is 15.1 Å². The number of benzene rings is 1. The zero-order chi connectivity index (χ0) is 30.3. The smallest absolute Gasteiger partial charge is 0.337 e. The van der Waals surface area contributed by atoms with Gasteiger partial charge in [0.2, 0.25) is 0 Å². The van der Waals surface area contributed by atoms with Gasteiger partial charge >= 0.3 is 5.97 Å². The largest absolute Gasteiger partial charge is 0.490 e. The van der Waals surface area contributed by atoms with Crippen molar-refractivity contribution in [1.82, 2.24) is 24.5 Å². The van der Waals surface area contributed by atoms with Crippen LogP contribution in [0.1, 0.15) is 71.7 Å². The number of halogens is 1. The monoisotopic (exact) mass is 575 g/mol. The van der Waals surface area contributed by atoms with Gasteiger partial charge in [0.05, 0.1) is 17.9 Å². The maximum Gasteiger partial charge on any atom is 0.337 e. The number of ether oxygens (including phenoxy) is 2. The molecule has 3 aromatic heterocycles. The zero-order valence-corrected chi connectivity index (χ0v) is 24.6. The van der Waals surface area contributed by atoms with Gasteiger partial charge in [-0.3, -0.25) is 9.78 Å². The van der Waals surface area contributed by atoms with E-state index in [1.165, 1.54) is 15.5 Å². The SMILES string of the molecule is Cc1nc2cc(C(=O)N(C)Cc3cccnc3)nn2c(-c2cc(F)c3c(c2C)CCCO3)c1C(OC(C)(C)C)C(=O)O. The molecule has 1 aliphatic heterocycles. The molecule has 220 valence electrons. The highest BCUT2D eigenvalue weighted by Gasteiger charge is 2.35. The predicted octanol–water partition coefficient (Wildman–Crippen LogP) is 5.09. The normalized spacial score (nSPS) is 13.9. The van der Waals surface area contributed by atoms with Crippen molar-refractivity contribution in [2.24, 2.45) is 0 Å². The molecule has 0 bridgehead atoms. The summed E-state index contributed by atoms with van der Waals surface area (Å²) in [6.45, 7) is 9.53. The molecule has 1 N–H and O–H groups in total. The molecule has 1 amide bonds. The lowest BCUT2D eigenvalue weighted by atomic mass is 9.91. The van der Waals surface area contributed by atoms with Crippen LogP contribution in [0.4, 0.5) is 4.39 Å². The first-order valence-electron chi connectivity index (χ1n) is 13.8. The number of pyridine rings is 1. The first-order chi connectivity index (χ1) is 19.9. The van der Waals surface area contributed by atoms with E-state index in [1.54, 1.807) is 59.3 Å². The van der Waals surface area contributed by atoms with Crippen LogP contribution in [0, 0.1) is 19.7 Å². The Balaban J connectivity index is 1.74. The molecule has 1 atom stereocenters. The zero-order valence-electron chi connectivity index (χ0n) is 24.6. The number of hydrogen-bond donors (Lipinski definition) is 1. The van der Waals surface area contributed by atoms with Gasteiger partial charge in [-0.05, 0) is 70.7 Å². The molecule has 0 aliphatic carbocycles. The van der Waals surface area contributed by atoms with Gasteiger partial charge < -0.3 is 19.5 Å². The second-order valence-electron chi connectivity index (χ2n) is 11.5. The lowest BCUT2D eigenvalue weighted by Crippen LogP contribution is -2.29. The highest BCUT2D eigenvalue weighted by molar-refractivity contribution is 5.93. The van der Waals surface area contributed by atoms with E-state index >= 15 is 4.39 Å². The number of fused-ring (bicyclic) bond motifs is 2. The van der Waals surface area contributed by atoms with Crippen LogP contribution in [0.25, 0.3) is 16.9 Å². The summed E-state index contributed by atoms with van der Waals surface area (Å²) in [5.41, 5.74) is 3.22. The van der Waals surface area contributed by atoms with Gasteiger partial charge in [0.15, 0.2) is 29.0 Å². The summed E-state index contributed by atoms with van der Waals surface area (Å²) in [4.78, 5) is 36.4. The lowest BCUT2D eigenvalue weighted by Gasteiger charge is -2.28. The highest BCUT2D eigenvalue weighted by atomic mass is 19.1. The Labute approximate surface area is 243 Å². The van der Waals surface area contributed by atoms with Gasteiger partial charge in [-0.15, -0.1) is 0 Å². The molecule has 4 aromatic rings. The maximum atomic E-state index is 15.5. The summed E-state index contributed by atoms with van der Waals surface area (Å²) in [6.07, 6.45) is 3.23. The first-order valence-corrected chi connectivity index (χ1v) is 13.8. The quantitative estimate of drug-likeness (QED) is 0.324. The van der Waals surface area contributed by atoms with E-state index < -0.39 is 23.5 Å². The van der Waals surface area contributed by atoms with Gasteiger partial charge in [-0.2, -0.15) is 5.10 Å². The second-order valence-corrected chi connectivity index (χ2v) is 11.5. The van der Waals surface area contributed by atoms with Crippen LogP contribution in [0.2, 0.25) is 0 Å². The number of amides is 1. The standard InChI is InChI=1S/C31H34FN5O5/c1-17-20-10-8-12-41-27(20)22(32)13-21(17)26-25(28(30(39)40)42-31(3,4)5)18(2)34-24-14-23(35-37(24)26)29(38)36(6)16-19-9-7-11-33-15-19/h7,9,11,13-15,28H,8,10,12,16H2,1-6H3,(H,39,40). The summed E-state index contributed by atoms with van der Waals surface area (Å²) < 4.78 is 28.6. The fraction of sp³-hybridized carbons (Fsp3) is 0.387. The van der Waals surface area contributed by atoms with Crippen molar-refractivity contribution in [3.05, 3.63) is 76.1 Å². The molecule has 11 heteroatoms. The highest BCUT2D eigenvalue weighted by Crippen LogP contribution is 2.41. The molecule has 0 radical (unpaired) electrons. The Kier molecular flexibility index (Phi) is 7.72. The average Bonchev–Trinajstić information content (AvgIpc) is 3.36. The van der Waals surface area contributed by atoms with Gasteiger partial charge in [0.25, 0.3) is 5.91 Å². The van der Waals surface area contributed by atoms with Crippen LogP contribution >= 0.6 is 0 Å². The number of aromatic nitrogens is 4. The number of nitrogens with zero attached hydrogens (tertiary/aromatic N) is 5. The number of aliphatic carboxylic acids is 1. The van der Waals surface area contributed by atoms with Crippen LogP contribution in [0.3, 0.4) is 0 Å². The minimum absolute atomic E-state index is 0.106. The summed E-state index contributed by atoms with van der Waals surface area (Å²) in [5, 5.41) is 15.0. The molecule has 42 heavy (non-hydrogen) atoms. The summed E-state index contributed by atoms with van der Waals surface area (Å²) in [7, 11) is 1.66. The van der Waals surface area contributed by atoms with Gasteiger partial charge in [0, 0.05) is 54.4 Å². The molecular formula is C31H34FN5O5. The third-order valence-electron chi connectivity index (χ3n) is 7.19. The molecule has 10 nitrogen and oxygen atoms in total. The number of aryl methyl sites for hydroxylation is 1. The Morgan fingerprint density at radius 3 is 2.69 bits per heavy atom. The topological polar surface area (TPSA) is 119 Å². The van der Waals surface area contributed by atoms with Crippen molar-refractivity contribution in [2.45, 2.75) is 65.7 Å². The average molecular weight is 576 g/mol. The third kappa shape index (κ3) is 5.56. The molecule has 0 saturated heterocycles. The van der Waals surface area contributed by atoms with E-state index in [0.717, 1.165) is 17.5 Å². The molecule has 1 aliphatic rings. The molecule has 0 saturated carbocycles. The maximum absolute atomic E-state index is 15.5. The van der Waals surface area contributed by atoms with Crippen molar-refractivity contribution < 1.29 is 28.6 Å². The molecule has 5 rings (SSSR count). The molecule has 0 fully saturated rings. The van der Waals surface area contributed by atoms with Gasteiger partial charge in [0.1, 0.15) is 0 Å². The number of hydrogen-bond acceptors (Lipinski definition) is 7. The second kappa shape index (κ2) is 11.1. The van der Waals surface area contributed by atoms with Gasteiger partial charge in [-0.25, -0.2) is 18.7 Å². The fourth-order valence-electron chi connectivity index (χ4n) is 5.33. The van der Waals surface area contributed by atoms with E-state index in [4.69, 9.17) is 9.47 Å². The van der Waals surface area contributed by atoms with E-state index in [9.17, 15) is 14.7 Å². The fourth-order valence-corrected chi connectivity index (χ4v) is 5.33. The molecular weight excluding hydrogens is 541 g/mol. The Morgan fingerprint density at radius 2 is 2.02 bits per heavy atom. The molecule has 4 heterocycles. The Hall–Kier alpha value is -4.38. The van der Waals surface area contributed by atoms with Crippen LogP contribution in [0.15, 0.2) is 36.7 Å². The minimum atomic E-state index is -1.44. The lowest BCUT2D eigenvalue weighted by molar-refractivity contribution is -0.160. The van der Waals surface area contributed by atoms with Crippen LogP contribution < -0.4 is 4.74 Å². The summed E-state index contributed by atoms with van der Waals surface area (Å²) in [5.74, 6) is -1.94. The Bertz CT molecular complexity index is 1680. The van der Waals surface area contributed by atoms with Crippen molar-refractivity contribution in [3.8, 4) is 17.0 Å². The predicted molar refractivity (Wildman–Crippen MR) is 153 cm³/mol. The van der Waals surface area contributed by atoms with Crippen LogP contribution in [-0.2, 0) is 22.5 Å². The van der Waals surface area contributed by atoms with Crippen LogP contribution in [-0.4, -0.2) is 60.7 Å².